The van der Waals surface area contributed by atoms with Gasteiger partial charge in [0.25, 0.3) is 0 Å². The molecule has 2 saturated carbocycles. The van der Waals surface area contributed by atoms with Gasteiger partial charge in [0, 0.05) is 22.0 Å². The van der Waals surface area contributed by atoms with Gasteiger partial charge in [-0.3, -0.25) is 9.59 Å². The summed E-state index contributed by atoms with van der Waals surface area (Å²) in [6, 6.07) is 0. The standard InChI is InChI=1S/C30H34O5/c1-14-11-20-22(16(3)29(7-8-29)27(5,34)25(20)32)18(14)12-19-15(2)21(13-31)23-17(4)30(9-10-30)28(6,35)26(33)24(19)23/h11,31,34-35H,7-10,12-13H2,1-6H3/t27-,28-/m0/s1. The van der Waals surface area contributed by atoms with Gasteiger partial charge in [-0.05, 0) is 119 Å². The van der Waals surface area contributed by atoms with Crippen LogP contribution in [0.1, 0.15) is 73.6 Å². The number of Topliss-reactive ketones (excluding diaryl/α,β-unsaturated/α-hetero) is 2. The minimum Gasteiger partial charge on any atom is -0.392 e. The summed E-state index contributed by atoms with van der Waals surface area (Å²) < 4.78 is 0. The van der Waals surface area contributed by atoms with Crippen LogP contribution in [0.5, 0.6) is 0 Å². The average Bonchev–Trinajstić information content (AvgIpc) is 3.71. The van der Waals surface area contributed by atoms with Crippen LogP contribution in [0.3, 0.4) is 0 Å². The molecule has 2 spiro atoms. The molecule has 0 radical (unpaired) electrons. The minimum atomic E-state index is -1.47. The molecular weight excluding hydrogens is 440 g/mol. The number of ketones is 2. The van der Waals surface area contributed by atoms with E-state index in [2.05, 4.69) is 0 Å². The number of aliphatic hydroxyl groups excluding tert-OH is 1. The second-order valence-electron chi connectivity index (χ2n) is 12.0. The van der Waals surface area contributed by atoms with Crippen LogP contribution in [0.4, 0.5) is 0 Å². The molecule has 0 amide bonds. The molecule has 0 bridgehead atoms. The molecule has 6 aliphatic rings. The number of allylic oxidation sites excluding steroid dienone is 6. The van der Waals surface area contributed by atoms with Crippen molar-refractivity contribution in [3.05, 3.63) is 67.4 Å². The van der Waals surface area contributed by atoms with E-state index in [1.54, 1.807) is 13.8 Å². The van der Waals surface area contributed by atoms with E-state index in [0.717, 1.165) is 75.8 Å². The van der Waals surface area contributed by atoms with E-state index in [9.17, 15) is 24.9 Å². The van der Waals surface area contributed by atoms with Gasteiger partial charge in [-0.15, -0.1) is 0 Å². The molecule has 6 rings (SSSR count). The van der Waals surface area contributed by atoms with Crippen LogP contribution in [-0.4, -0.2) is 44.7 Å². The van der Waals surface area contributed by atoms with E-state index < -0.39 is 22.0 Å². The molecule has 0 unspecified atom stereocenters. The second kappa shape index (κ2) is 6.50. The molecule has 3 N–H and O–H groups in total. The zero-order valence-electron chi connectivity index (χ0n) is 21.5. The number of fused-ring (bicyclic) bond motifs is 2. The lowest BCUT2D eigenvalue weighted by molar-refractivity contribution is -0.138. The highest BCUT2D eigenvalue weighted by atomic mass is 16.3. The monoisotopic (exact) mass is 474 g/mol. The number of aliphatic hydroxyl groups is 3. The highest BCUT2D eigenvalue weighted by Crippen LogP contribution is 2.67. The van der Waals surface area contributed by atoms with E-state index in [-0.39, 0.29) is 18.2 Å². The first-order valence-corrected chi connectivity index (χ1v) is 12.7. The molecule has 184 valence electrons. The van der Waals surface area contributed by atoms with Crippen LogP contribution in [0, 0.1) is 10.8 Å². The fourth-order valence-corrected chi connectivity index (χ4v) is 7.81. The number of hydrogen-bond donors (Lipinski definition) is 3. The quantitative estimate of drug-likeness (QED) is 0.572. The summed E-state index contributed by atoms with van der Waals surface area (Å²) in [4.78, 5) is 27.2. The molecule has 0 heterocycles. The second-order valence-corrected chi connectivity index (χ2v) is 12.0. The van der Waals surface area contributed by atoms with Crippen molar-refractivity contribution in [2.24, 2.45) is 10.8 Å². The fraction of sp³-hybridized carbons (Fsp3) is 0.533. The van der Waals surface area contributed by atoms with Gasteiger partial charge in [0.05, 0.1) is 6.61 Å². The summed E-state index contributed by atoms with van der Waals surface area (Å²) >= 11 is 0. The van der Waals surface area contributed by atoms with Crippen molar-refractivity contribution in [2.45, 2.75) is 84.8 Å². The predicted molar refractivity (Wildman–Crippen MR) is 132 cm³/mol. The Balaban J connectivity index is 1.53. The topological polar surface area (TPSA) is 94.8 Å². The van der Waals surface area contributed by atoms with Gasteiger partial charge in [0.2, 0.25) is 0 Å². The average molecular weight is 475 g/mol. The summed E-state index contributed by atoms with van der Waals surface area (Å²) in [6.45, 7) is 11.1. The van der Waals surface area contributed by atoms with Gasteiger partial charge < -0.3 is 15.3 Å². The largest absolute Gasteiger partial charge is 0.392 e. The Hall–Kier alpha value is -2.34. The molecule has 2 atom stereocenters. The first-order chi connectivity index (χ1) is 16.3. The highest BCUT2D eigenvalue weighted by molar-refractivity contribution is 6.13. The van der Waals surface area contributed by atoms with Crippen LogP contribution in [0.2, 0.25) is 0 Å². The SMILES string of the molecule is CC1=C(CC2=C3C(=O)[C@](C)(O)C4(CC4)C(C)=C3C(CO)=C2C)C2=C(C)C3(CC3)[C@@](C)(O)C(=O)C2=C1. The summed E-state index contributed by atoms with van der Waals surface area (Å²) in [7, 11) is 0. The van der Waals surface area contributed by atoms with Crippen molar-refractivity contribution in [3.63, 3.8) is 0 Å². The van der Waals surface area contributed by atoms with Crippen molar-refractivity contribution in [3.8, 4) is 0 Å². The number of carbonyl (C=O) groups is 2. The maximum atomic E-state index is 13.8. The zero-order chi connectivity index (χ0) is 25.5. The lowest BCUT2D eigenvalue weighted by atomic mass is 9.66. The Morgan fingerprint density at radius 1 is 0.743 bits per heavy atom. The van der Waals surface area contributed by atoms with E-state index in [4.69, 9.17) is 0 Å². The van der Waals surface area contributed by atoms with Crippen molar-refractivity contribution < 1.29 is 24.9 Å². The predicted octanol–water partition coefficient (Wildman–Crippen LogP) is 4.11. The lowest BCUT2D eigenvalue weighted by Gasteiger charge is -2.40. The third kappa shape index (κ3) is 2.40. The molecule has 0 saturated heterocycles. The molecule has 35 heavy (non-hydrogen) atoms. The molecule has 5 nitrogen and oxygen atoms in total. The number of carbonyl (C=O) groups excluding carboxylic acids is 2. The Kier molecular flexibility index (Phi) is 4.29. The Labute approximate surface area is 206 Å². The van der Waals surface area contributed by atoms with E-state index in [0.29, 0.717) is 17.6 Å². The van der Waals surface area contributed by atoms with Crippen molar-refractivity contribution in [1.29, 1.82) is 0 Å². The van der Waals surface area contributed by atoms with Crippen LogP contribution >= 0.6 is 0 Å². The van der Waals surface area contributed by atoms with Crippen molar-refractivity contribution in [1.82, 2.24) is 0 Å². The molecule has 6 aliphatic carbocycles. The van der Waals surface area contributed by atoms with Gasteiger partial charge in [-0.25, -0.2) is 0 Å². The fourth-order valence-electron chi connectivity index (χ4n) is 7.81. The maximum absolute atomic E-state index is 13.8. The lowest BCUT2D eigenvalue weighted by Crippen LogP contribution is -2.49. The molecule has 0 aliphatic heterocycles. The Morgan fingerprint density at radius 3 is 1.77 bits per heavy atom. The third-order valence-corrected chi connectivity index (χ3v) is 10.6. The number of rotatable bonds is 3. The van der Waals surface area contributed by atoms with Gasteiger partial charge in [-0.1, -0.05) is 11.1 Å². The number of hydrogen-bond acceptors (Lipinski definition) is 5. The molecule has 2 fully saturated rings. The van der Waals surface area contributed by atoms with Crippen LogP contribution in [-0.2, 0) is 9.59 Å². The molecule has 0 aromatic carbocycles. The Morgan fingerprint density at radius 2 is 1.26 bits per heavy atom. The highest BCUT2D eigenvalue weighted by Gasteiger charge is 2.66. The van der Waals surface area contributed by atoms with Crippen LogP contribution in [0.15, 0.2) is 67.4 Å². The maximum Gasteiger partial charge on any atom is 0.195 e. The summed E-state index contributed by atoms with van der Waals surface area (Å²) in [6.07, 6.45) is 5.45. The van der Waals surface area contributed by atoms with Gasteiger partial charge in [-0.2, -0.15) is 0 Å². The minimum absolute atomic E-state index is 0.162. The van der Waals surface area contributed by atoms with Crippen LogP contribution < -0.4 is 0 Å². The first-order valence-electron chi connectivity index (χ1n) is 12.7. The van der Waals surface area contributed by atoms with Gasteiger partial charge in [0.1, 0.15) is 11.2 Å². The molecule has 0 aromatic rings. The van der Waals surface area contributed by atoms with E-state index in [1.165, 1.54) is 0 Å². The molecule has 0 aromatic heterocycles. The van der Waals surface area contributed by atoms with Gasteiger partial charge in [0.15, 0.2) is 11.6 Å². The first kappa shape index (κ1) is 23.1. The summed E-state index contributed by atoms with van der Waals surface area (Å²) in [5.41, 5.74) is 5.46. The van der Waals surface area contributed by atoms with E-state index >= 15 is 0 Å². The smallest absolute Gasteiger partial charge is 0.195 e. The van der Waals surface area contributed by atoms with Crippen LogP contribution in [0.25, 0.3) is 0 Å². The molecular formula is C30H34O5. The third-order valence-electron chi connectivity index (χ3n) is 10.6. The Bertz CT molecular complexity index is 1360. The van der Waals surface area contributed by atoms with Crippen molar-refractivity contribution >= 4 is 11.6 Å². The van der Waals surface area contributed by atoms with Gasteiger partial charge >= 0.3 is 0 Å². The molecule has 5 heteroatoms. The summed E-state index contributed by atoms with van der Waals surface area (Å²) in [5, 5.41) is 32.9. The normalized spacial score (nSPS) is 34.6. The summed E-state index contributed by atoms with van der Waals surface area (Å²) in [5.74, 6) is -0.481. The van der Waals surface area contributed by atoms with E-state index in [1.807, 2.05) is 33.8 Å². The zero-order valence-corrected chi connectivity index (χ0v) is 21.5. The van der Waals surface area contributed by atoms with Crippen molar-refractivity contribution in [2.75, 3.05) is 6.61 Å².